The van der Waals surface area contributed by atoms with Crippen LogP contribution in [0.5, 0.6) is 0 Å². The molecule has 0 aromatic heterocycles. The Bertz CT molecular complexity index is 624. The molecule has 0 spiro atoms. The third kappa shape index (κ3) is 1.96. The zero-order valence-electron chi connectivity index (χ0n) is 10.0. The van der Waals surface area contributed by atoms with Gasteiger partial charge in [-0.1, -0.05) is 17.7 Å². The summed E-state index contributed by atoms with van der Waals surface area (Å²) in [6, 6.07) is 4.43. The predicted octanol–water partition coefficient (Wildman–Crippen LogP) is 2.70. The summed E-state index contributed by atoms with van der Waals surface area (Å²) in [5.41, 5.74) is 1.37. The lowest BCUT2D eigenvalue weighted by Gasteiger charge is -2.23. The molecule has 2 amide bonds. The second-order valence-electron chi connectivity index (χ2n) is 4.79. The second kappa shape index (κ2) is 4.46. The third-order valence-corrected chi connectivity index (χ3v) is 3.91. The van der Waals surface area contributed by atoms with Crippen LogP contribution in [0.25, 0.3) is 0 Å². The van der Waals surface area contributed by atoms with E-state index in [0.717, 1.165) is 6.42 Å². The van der Waals surface area contributed by atoms with Crippen molar-refractivity contribution >= 4 is 23.4 Å². The van der Waals surface area contributed by atoms with Gasteiger partial charge in [0.05, 0.1) is 0 Å². The molecular formula is C14H11ClFNO2. The number of benzene rings is 1. The van der Waals surface area contributed by atoms with E-state index in [1.807, 2.05) is 0 Å². The summed E-state index contributed by atoms with van der Waals surface area (Å²) in [4.78, 5) is 23.5. The van der Waals surface area contributed by atoms with Crippen LogP contribution in [-0.2, 0) is 9.59 Å². The van der Waals surface area contributed by atoms with E-state index >= 15 is 0 Å². The lowest BCUT2D eigenvalue weighted by molar-refractivity contribution is -0.124. The molecule has 98 valence electrons. The first-order chi connectivity index (χ1) is 9.08. The molecule has 0 bridgehead atoms. The molecule has 1 aromatic carbocycles. The van der Waals surface area contributed by atoms with Gasteiger partial charge >= 0.3 is 0 Å². The minimum atomic E-state index is -0.432. The SMILES string of the molecule is O=C1NC(=O)C2=C1CCCC2c1ccc(Cl)cc1F. The van der Waals surface area contributed by atoms with Gasteiger partial charge in [-0.3, -0.25) is 14.9 Å². The molecule has 0 fully saturated rings. The first-order valence-electron chi connectivity index (χ1n) is 6.11. The Labute approximate surface area is 114 Å². The van der Waals surface area contributed by atoms with Crippen LogP contribution in [0.1, 0.15) is 30.7 Å². The highest BCUT2D eigenvalue weighted by Gasteiger charge is 2.38. The quantitative estimate of drug-likeness (QED) is 0.804. The minimum Gasteiger partial charge on any atom is -0.289 e. The van der Waals surface area contributed by atoms with Crippen molar-refractivity contribution in [3.8, 4) is 0 Å². The Kier molecular flexibility index (Phi) is 2.90. The van der Waals surface area contributed by atoms with Gasteiger partial charge in [0.1, 0.15) is 5.82 Å². The van der Waals surface area contributed by atoms with E-state index in [4.69, 9.17) is 11.6 Å². The molecule has 1 aromatic rings. The van der Waals surface area contributed by atoms with E-state index < -0.39 is 5.82 Å². The first kappa shape index (κ1) is 12.4. The van der Waals surface area contributed by atoms with Crippen molar-refractivity contribution in [1.82, 2.24) is 5.32 Å². The van der Waals surface area contributed by atoms with Crippen LogP contribution in [0.2, 0.25) is 5.02 Å². The van der Waals surface area contributed by atoms with Gasteiger partial charge in [0.25, 0.3) is 11.8 Å². The third-order valence-electron chi connectivity index (χ3n) is 3.68. The van der Waals surface area contributed by atoms with E-state index in [0.29, 0.717) is 34.6 Å². The van der Waals surface area contributed by atoms with Crippen LogP contribution >= 0.6 is 11.6 Å². The van der Waals surface area contributed by atoms with Crippen LogP contribution in [0.15, 0.2) is 29.3 Å². The van der Waals surface area contributed by atoms with E-state index in [9.17, 15) is 14.0 Å². The maximum atomic E-state index is 14.0. The zero-order valence-corrected chi connectivity index (χ0v) is 10.8. The highest BCUT2D eigenvalue weighted by Crippen LogP contribution is 2.41. The van der Waals surface area contributed by atoms with Crippen molar-refractivity contribution < 1.29 is 14.0 Å². The van der Waals surface area contributed by atoms with Gasteiger partial charge in [-0.05, 0) is 37.0 Å². The molecule has 3 rings (SSSR count). The Hall–Kier alpha value is -1.68. The molecule has 19 heavy (non-hydrogen) atoms. The lowest BCUT2D eigenvalue weighted by atomic mass is 9.79. The van der Waals surface area contributed by atoms with Gasteiger partial charge < -0.3 is 0 Å². The molecule has 3 nitrogen and oxygen atoms in total. The highest BCUT2D eigenvalue weighted by molar-refractivity contribution is 6.30. The van der Waals surface area contributed by atoms with E-state index in [1.165, 1.54) is 6.07 Å². The summed E-state index contributed by atoms with van der Waals surface area (Å²) in [6.45, 7) is 0. The summed E-state index contributed by atoms with van der Waals surface area (Å²) in [5.74, 6) is -1.51. The van der Waals surface area contributed by atoms with Crippen molar-refractivity contribution in [1.29, 1.82) is 0 Å². The highest BCUT2D eigenvalue weighted by atomic mass is 35.5. The maximum absolute atomic E-state index is 14.0. The Morgan fingerprint density at radius 1 is 1.26 bits per heavy atom. The normalized spacial score (nSPS) is 22.5. The van der Waals surface area contributed by atoms with Crippen LogP contribution in [0.4, 0.5) is 4.39 Å². The molecular weight excluding hydrogens is 269 g/mol. The summed E-state index contributed by atoms with van der Waals surface area (Å²) >= 11 is 5.73. The fourth-order valence-electron chi connectivity index (χ4n) is 2.84. The number of amides is 2. The molecule has 1 aliphatic heterocycles. The molecule has 5 heteroatoms. The first-order valence-corrected chi connectivity index (χ1v) is 6.49. The minimum absolute atomic E-state index is 0.318. The number of nitrogens with one attached hydrogen (secondary N) is 1. The fourth-order valence-corrected chi connectivity index (χ4v) is 3.00. The summed E-state index contributed by atoms with van der Waals surface area (Å²) in [6.07, 6.45) is 2.02. The van der Waals surface area contributed by atoms with Crippen LogP contribution in [-0.4, -0.2) is 11.8 Å². The molecule has 0 saturated carbocycles. The van der Waals surface area contributed by atoms with Gasteiger partial charge in [-0.2, -0.15) is 0 Å². The van der Waals surface area contributed by atoms with E-state index in [-0.39, 0.29) is 17.7 Å². The standard InChI is InChI=1S/C14H11ClFNO2/c15-7-4-5-8(11(16)6-7)9-2-1-3-10-12(9)14(19)17-13(10)18/h4-6,9H,1-3H2,(H,17,18,19). The number of hydrogen-bond acceptors (Lipinski definition) is 2. The van der Waals surface area contributed by atoms with Gasteiger partial charge in [0, 0.05) is 22.1 Å². The Balaban J connectivity index is 2.10. The Morgan fingerprint density at radius 3 is 2.79 bits per heavy atom. The van der Waals surface area contributed by atoms with Crippen molar-refractivity contribution in [2.24, 2.45) is 0 Å². The van der Waals surface area contributed by atoms with E-state index in [2.05, 4.69) is 5.32 Å². The molecule has 0 radical (unpaired) electrons. The van der Waals surface area contributed by atoms with Crippen molar-refractivity contribution in [2.45, 2.75) is 25.2 Å². The van der Waals surface area contributed by atoms with Crippen molar-refractivity contribution in [3.63, 3.8) is 0 Å². The van der Waals surface area contributed by atoms with Gasteiger partial charge in [-0.25, -0.2) is 4.39 Å². The largest absolute Gasteiger partial charge is 0.289 e. The predicted molar refractivity (Wildman–Crippen MR) is 68.2 cm³/mol. The maximum Gasteiger partial charge on any atom is 0.255 e. The second-order valence-corrected chi connectivity index (χ2v) is 5.22. The molecule has 1 atom stereocenters. The van der Waals surface area contributed by atoms with Crippen molar-refractivity contribution in [3.05, 3.63) is 45.7 Å². The average Bonchev–Trinajstić information content (AvgIpc) is 2.65. The molecule has 0 saturated heterocycles. The number of hydrogen-bond donors (Lipinski definition) is 1. The number of rotatable bonds is 1. The smallest absolute Gasteiger partial charge is 0.255 e. The number of carbonyl (C=O) groups is 2. The topological polar surface area (TPSA) is 46.2 Å². The summed E-state index contributed by atoms with van der Waals surface area (Å²) < 4.78 is 14.0. The number of carbonyl (C=O) groups excluding carboxylic acids is 2. The molecule has 1 unspecified atom stereocenters. The zero-order chi connectivity index (χ0) is 13.6. The molecule has 2 aliphatic rings. The summed E-state index contributed by atoms with van der Waals surface area (Å²) in [7, 11) is 0. The van der Waals surface area contributed by atoms with Crippen LogP contribution in [0, 0.1) is 5.82 Å². The van der Waals surface area contributed by atoms with E-state index in [1.54, 1.807) is 12.1 Å². The van der Waals surface area contributed by atoms with Gasteiger partial charge in [0.15, 0.2) is 0 Å². The Morgan fingerprint density at radius 2 is 2.05 bits per heavy atom. The summed E-state index contributed by atoms with van der Waals surface area (Å²) in [5, 5.41) is 2.61. The number of imide groups is 1. The molecule has 1 heterocycles. The van der Waals surface area contributed by atoms with Crippen LogP contribution < -0.4 is 5.32 Å². The van der Waals surface area contributed by atoms with Gasteiger partial charge in [-0.15, -0.1) is 0 Å². The number of halogens is 2. The molecule has 1 N–H and O–H groups in total. The van der Waals surface area contributed by atoms with Crippen molar-refractivity contribution in [2.75, 3.05) is 0 Å². The molecule has 1 aliphatic carbocycles. The lowest BCUT2D eigenvalue weighted by Crippen LogP contribution is -2.24. The monoisotopic (exact) mass is 279 g/mol. The average molecular weight is 280 g/mol. The fraction of sp³-hybridized carbons (Fsp3) is 0.286. The van der Waals surface area contributed by atoms with Crippen LogP contribution in [0.3, 0.4) is 0 Å². The van der Waals surface area contributed by atoms with Gasteiger partial charge in [0.2, 0.25) is 0 Å².